The molecule has 1 aromatic heterocycles. The number of carbonyl (C=O) groups is 1. The molecule has 0 saturated carbocycles. The quantitative estimate of drug-likeness (QED) is 0.510. The second-order valence-electron chi connectivity index (χ2n) is 3.34. The van der Waals surface area contributed by atoms with Crippen molar-refractivity contribution in [1.82, 2.24) is 9.97 Å². The number of nitrogens with one attached hydrogen (secondary N) is 1. The van der Waals surface area contributed by atoms with Crippen molar-refractivity contribution in [3.63, 3.8) is 0 Å². The summed E-state index contributed by atoms with van der Waals surface area (Å²) in [5.74, 6) is -1.28. The minimum atomic E-state index is -4.61. The number of anilines is 1. The van der Waals surface area contributed by atoms with Gasteiger partial charge in [-0.2, -0.15) is 13.2 Å². The van der Waals surface area contributed by atoms with Crippen LogP contribution in [0.4, 0.5) is 19.0 Å². The fourth-order valence-corrected chi connectivity index (χ4v) is 1.92. The SMILES string of the molecule is CNc1cc(SCCC(=O)OC)nc(C(F)(F)F)n1. The van der Waals surface area contributed by atoms with Gasteiger partial charge in [0.15, 0.2) is 0 Å². The Labute approximate surface area is 112 Å². The first-order chi connectivity index (χ1) is 8.86. The maximum absolute atomic E-state index is 12.6. The van der Waals surface area contributed by atoms with Gasteiger partial charge in [-0.15, -0.1) is 11.8 Å². The summed E-state index contributed by atoms with van der Waals surface area (Å²) in [6.45, 7) is 0. The zero-order chi connectivity index (χ0) is 14.5. The number of nitrogens with zero attached hydrogens (tertiary/aromatic N) is 2. The Morgan fingerprint density at radius 1 is 1.47 bits per heavy atom. The van der Waals surface area contributed by atoms with E-state index in [4.69, 9.17) is 0 Å². The largest absolute Gasteiger partial charge is 0.469 e. The number of esters is 1. The van der Waals surface area contributed by atoms with Crippen LogP contribution in [0.5, 0.6) is 0 Å². The maximum Gasteiger partial charge on any atom is 0.451 e. The minimum Gasteiger partial charge on any atom is -0.469 e. The molecule has 0 radical (unpaired) electrons. The van der Waals surface area contributed by atoms with Gasteiger partial charge < -0.3 is 10.1 Å². The van der Waals surface area contributed by atoms with Crippen LogP contribution in [0.3, 0.4) is 0 Å². The number of alkyl halides is 3. The fourth-order valence-electron chi connectivity index (χ4n) is 1.09. The van der Waals surface area contributed by atoms with Crippen LogP contribution in [0.25, 0.3) is 0 Å². The first kappa shape index (κ1) is 15.5. The van der Waals surface area contributed by atoms with Crippen molar-refractivity contribution >= 4 is 23.5 Å². The number of ether oxygens (including phenoxy) is 1. The van der Waals surface area contributed by atoms with Crippen LogP contribution in [0.2, 0.25) is 0 Å². The molecule has 0 aliphatic carbocycles. The first-order valence-corrected chi connectivity index (χ1v) is 6.19. The molecule has 9 heteroatoms. The molecule has 0 aliphatic heterocycles. The molecule has 0 atom stereocenters. The molecule has 0 bridgehead atoms. The Bertz CT molecular complexity index is 454. The van der Waals surface area contributed by atoms with Crippen molar-refractivity contribution < 1.29 is 22.7 Å². The van der Waals surface area contributed by atoms with Crippen molar-refractivity contribution in [1.29, 1.82) is 0 Å². The number of rotatable bonds is 5. The number of thioether (sulfide) groups is 1. The van der Waals surface area contributed by atoms with Crippen molar-refractivity contribution in [3.8, 4) is 0 Å². The van der Waals surface area contributed by atoms with Crippen molar-refractivity contribution in [2.45, 2.75) is 17.6 Å². The number of halogens is 3. The van der Waals surface area contributed by atoms with Crippen molar-refractivity contribution in [2.75, 3.05) is 25.2 Å². The molecule has 1 heterocycles. The minimum absolute atomic E-state index is 0.0721. The third-order valence-electron chi connectivity index (χ3n) is 2.00. The van der Waals surface area contributed by atoms with Gasteiger partial charge in [-0.1, -0.05) is 0 Å². The lowest BCUT2D eigenvalue weighted by atomic mass is 10.5. The van der Waals surface area contributed by atoms with Gasteiger partial charge >= 0.3 is 12.1 Å². The Morgan fingerprint density at radius 3 is 2.68 bits per heavy atom. The highest BCUT2D eigenvalue weighted by Gasteiger charge is 2.35. The summed E-state index contributed by atoms with van der Waals surface area (Å²) in [6.07, 6.45) is -4.51. The van der Waals surface area contributed by atoms with Gasteiger partial charge in [0.05, 0.1) is 13.5 Å². The van der Waals surface area contributed by atoms with Crippen molar-refractivity contribution in [3.05, 3.63) is 11.9 Å². The highest BCUT2D eigenvalue weighted by atomic mass is 32.2. The molecule has 0 aliphatic rings. The predicted octanol–water partition coefficient (Wildman–Crippen LogP) is 2.19. The molecule has 106 valence electrons. The zero-order valence-electron chi connectivity index (χ0n) is 10.2. The highest BCUT2D eigenvalue weighted by Crippen LogP contribution is 2.29. The molecule has 1 rings (SSSR count). The van der Waals surface area contributed by atoms with Gasteiger partial charge in [-0.3, -0.25) is 4.79 Å². The molecule has 0 unspecified atom stereocenters. The lowest BCUT2D eigenvalue weighted by Gasteiger charge is -2.09. The summed E-state index contributed by atoms with van der Waals surface area (Å²) in [6, 6.07) is 1.39. The number of hydrogen-bond donors (Lipinski definition) is 1. The number of aromatic nitrogens is 2. The van der Waals surface area contributed by atoms with Crippen LogP contribution >= 0.6 is 11.8 Å². The molecule has 1 N–H and O–H groups in total. The molecule has 0 spiro atoms. The van der Waals surface area contributed by atoms with Gasteiger partial charge in [-0.05, 0) is 0 Å². The smallest absolute Gasteiger partial charge is 0.451 e. The van der Waals surface area contributed by atoms with E-state index in [1.54, 1.807) is 0 Å². The molecule has 0 aromatic carbocycles. The Morgan fingerprint density at radius 2 is 2.16 bits per heavy atom. The van der Waals surface area contributed by atoms with Crippen LogP contribution in [0.1, 0.15) is 12.2 Å². The summed E-state index contributed by atoms with van der Waals surface area (Å²) in [7, 11) is 2.71. The third-order valence-corrected chi connectivity index (χ3v) is 2.91. The van der Waals surface area contributed by atoms with Gasteiger partial charge in [0.2, 0.25) is 5.82 Å². The maximum atomic E-state index is 12.6. The van der Waals surface area contributed by atoms with E-state index < -0.39 is 18.0 Å². The predicted molar refractivity (Wildman–Crippen MR) is 63.9 cm³/mol. The van der Waals surface area contributed by atoms with Crippen LogP contribution < -0.4 is 5.32 Å². The monoisotopic (exact) mass is 295 g/mol. The molecule has 19 heavy (non-hydrogen) atoms. The summed E-state index contributed by atoms with van der Waals surface area (Å²) >= 11 is 1.03. The van der Waals surface area contributed by atoms with Gasteiger partial charge in [0.1, 0.15) is 10.8 Å². The molecule has 1 aromatic rings. The van der Waals surface area contributed by atoms with E-state index in [0.717, 1.165) is 11.8 Å². The Balaban J connectivity index is 2.80. The normalized spacial score (nSPS) is 11.2. The number of carbonyl (C=O) groups excluding carboxylic acids is 1. The molecule has 0 saturated heterocycles. The summed E-state index contributed by atoms with van der Waals surface area (Å²) in [5.41, 5.74) is 0. The van der Waals surface area contributed by atoms with E-state index in [0.29, 0.717) is 0 Å². The van der Waals surface area contributed by atoms with E-state index in [2.05, 4.69) is 20.0 Å². The lowest BCUT2D eigenvalue weighted by Crippen LogP contribution is -2.13. The summed E-state index contributed by atoms with van der Waals surface area (Å²) in [5, 5.41) is 2.68. The topological polar surface area (TPSA) is 64.1 Å². The van der Waals surface area contributed by atoms with Crippen molar-refractivity contribution in [2.24, 2.45) is 0 Å². The van der Waals surface area contributed by atoms with E-state index in [1.165, 1.54) is 20.2 Å². The molecule has 5 nitrogen and oxygen atoms in total. The molecule has 0 fully saturated rings. The van der Waals surface area contributed by atoms with Crippen LogP contribution in [0.15, 0.2) is 11.1 Å². The summed E-state index contributed by atoms with van der Waals surface area (Å²) in [4.78, 5) is 17.6. The van der Waals surface area contributed by atoms with Crippen LogP contribution in [-0.4, -0.2) is 35.8 Å². The molecular weight excluding hydrogens is 283 g/mol. The van der Waals surface area contributed by atoms with Gasteiger partial charge in [0.25, 0.3) is 0 Å². The van der Waals surface area contributed by atoms with E-state index in [9.17, 15) is 18.0 Å². The Kier molecular flexibility index (Phi) is 5.40. The van der Waals surface area contributed by atoms with E-state index in [1.807, 2.05) is 0 Å². The lowest BCUT2D eigenvalue weighted by molar-refractivity contribution is -0.145. The average molecular weight is 295 g/mol. The number of hydrogen-bond acceptors (Lipinski definition) is 6. The first-order valence-electron chi connectivity index (χ1n) is 5.20. The molecular formula is C10H12F3N3O2S. The summed E-state index contributed by atoms with van der Waals surface area (Å²) < 4.78 is 42.1. The Hall–Kier alpha value is -1.51. The third kappa shape index (κ3) is 4.93. The average Bonchev–Trinajstić information content (AvgIpc) is 2.37. The van der Waals surface area contributed by atoms with Crippen LogP contribution in [-0.2, 0) is 15.7 Å². The molecule has 0 amide bonds. The standard InChI is InChI=1S/C10H12F3N3O2S/c1-14-6-5-7(19-4-3-8(17)18-2)16-9(15-6)10(11,12)13/h5H,3-4H2,1-2H3,(H,14,15,16). The van der Waals surface area contributed by atoms with Gasteiger partial charge in [-0.25, -0.2) is 9.97 Å². The van der Waals surface area contributed by atoms with E-state index in [-0.39, 0.29) is 23.0 Å². The highest BCUT2D eigenvalue weighted by molar-refractivity contribution is 7.99. The van der Waals surface area contributed by atoms with E-state index >= 15 is 0 Å². The zero-order valence-corrected chi connectivity index (χ0v) is 11.1. The number of methoxy groups -OCH3 is 1. The fraction of sp³-hybridized carbons (Fsp3) is 0.500. The second-order valence-corrected chi connectivity index (χ2v) is 4.45. The van der Waals surface area contributed by atoms with Crippen LogP contribution in [0, 0.1) is 0 Å². The second kappa shape index (κ2) is 6.60. The van der Waals surface area contributed by atoms with Gasteiger partial charge in [0, 0.05) is 18.9 Å².